The number of carbonyl (C=O) groups is 1. The van der Waals surface area contributed by atoms with Crippen molar-refractivity contribution >= 4 is 23.2 Å². The van der Waals surface area contributed by atoms with E-state index < -0.39 is 5.82 Å². The molecule has 0 fully saturated rings. The van der Waals surface area contributed by atoms with Gasteiger partial charge in [0.2, 0.25) is 5.91 Å². The SMILES string of the molecule is COc1ccc(Cl)cc1CC(=O)Nc1cccc(F)c1. The molecular formula is C15H13ClFNO2. The van der Waals surface area contributed by atoms with Crippen LogP contribution in [0.3, 0.4) is 0 Å². The monoisotopic (exact) mass is 293 g/mol. The van der Waals surface area contributed by atoms with Gasteiger partial charge in [-0.1, -0.05) is 17.7 Å². The fourth-order valence-corrected chi connectivity index (χ4v) is 2.02. The maximum atomic E-state index is 13.0. The van der Waals surface area contributed by atoms with Crippen molar-refractivity contribution in [1.29, 1.82) is 0 Å². The van der Waals surface area contributed by atoms with Gasteiger partial charge in [-0.15, -0.1) is 0 Å². The Hall–Kier alpha value is -2.07. The molecule has 20 heavy (non-hydrogen) atoms. The third-order valence-corrected chi connectivity index (χ3v) is 2.94. The molecular weight excluding hydrogens is 281 g/mol. The topological polar surface area (TPSA) is 38.3 Å². The van der Waals surface area contributed by atoms with Crippen molar-refractivity contribution in [1.82, 2.24) is 0 Å². The van der Waals surface area contributed by atoms with Gasteiger partial charge < -0.3 is 10.1 Å². The van der Waals surface area contributed by atoms with Crippen LogP contribution in [0.2, 0.25) is 5.02 Å². The van der Waals surface area contributed by atoms with E-state index in [1.807, 2.05) is 0 Å². The van der Waals surface area contributed by atoms with E-state index in [2.05, 4.69) is 5.32 Å². The third kappa shape index (κ3) is 3.71. The van der Waals surface area contributed by atoms with Crippen molar-refractivity contribution in [2.45, 2.75) is 6.42 Å². The summed E-state index contributed by atoms with van der Waals surface area (Å²) < 4.78 is 18.2. The van der Waals surface area contributed by atoms with Crippen LogP contribution in [0.5, 0.6) is 5.75 Å². The Bertz CT molecular complexity index is 631. The maximum Gasteiger partial charge on any atom is 0.228 e. The molecule has 0 atom stereocenters. The first kappa shape index (κ1) is 14.3. The fourth-order valence-electron chi connectivity index (χ4n) is 1.83. The lowest BCUT2D eigenvalue weighted by Crippen LogP contribution is -2.15. The molecule has 0 heterocycles. The van der Waals surface area contributed by atoms with Gasteiger partial charge in [0.1, 0.15) is 11.6 Å². The molecule has 0 aliphatic heterocycles. The molecule has 0 bridgehead atoms. The molecule has 0 radical (unpaired) electrons. The first-order valence-electron chi connectivity index (χ1n) is 5.96. The quantitative estimate of drug-likeness (QED) is 0.934. The van der Waals surface area contributed by atoms with Gasteiger partial charge in [-0.25, -0.2) is 4.39 Å². The summed E-state index contributed by atoms with van der Waals surface area (Å²) in [5.74, 6) is -0.0805. The summed E-state index contributed by atoms with van der Waals surface area (Å²) in [6, 6.07) is 10.8. The number of hydrogen-bond donors (Lipinski definition) is 1. The van der Waals surface area contributed by atoms with Crippen LogP contribution >= 0.6 is 11.6 Å². The average molecular weight is 294 g/mol. The van der Waals surface area contributed by atoms with E-state index in [9.17, 15) is 9.18 Å². The highest BCUT2D eigenvalue weighted by Gasteiger charge is 2.10. The molecule has 3 nitrogen and oxygen atoms in total. The summed E-state index contributed by atoms with van der Waals surface area (Å²) in [6.07, 6.45) is 0.0975. The maximum absolute atomic E-state index is 13.0. The van der Waals surface area contributed by atoms with Gasteiger partial charge >= 0.3 is 0 Å². The summed E-state index contributed by atoms with van der Waals surface area (Å²) in [7, 11) is 1.53. The number of ether oxygens (including phenoxy) is 1. The number of nitrogens with one attached hydrogen (secondary N) is 1. The summed E-state index contributed by atoms with van der Waals surface area (Å²) in [5, 5.41) is 3.15. The molecule has 104 valence electrons. The zero-order chi connectivity index (χ0) is 14.5. The lowest BCUT2D eigenvalue weighted by Gasteiger charge is -2.09. The van der Waals surface area contributed by atoms with Gasteiger partial charge in [-0.2, -0.15) is 0 Å². The number of anilines is 1. The van der Waals surface area contributed by atoms with Crippen LogP contribution in [0.15, 0.2) is 42.5 Å². The second-order valence-electron chi connectivity index (χ2n) is 4.19. The molecule has 2 aromatic carbocycles. The Morgan fingerprint density at radius 3 is 2.80 bits per heavy atom. The number of rotatable bonds is 4. The van der Waals surface area contributed by atoms with Crippen molar-refractivity contribution in [2.75, 3.05) is 12.4 Å². The largest absolute Gasteiger partial charge is 0.496 e. The highest BCUT2D eigenvalue weighted by Crippen LogP contribution is 2.23. The minimum absolute atomic E-state index is 0.0975. The molecule has 0 spiro atoms. The Morgan fingerprint density at radius 1 is 1.30 bits per heavy atom. The van der Waals surface area contributed by atoms with Crippen LogP contribution in [0.1, 0.15) is 5.56 Å². The first-order valence-corrected chi connectivity index (χ1v) is 6.34. The lowest BCUT2D eigenvalue weighted by atomic mass is 10.1. The number of benzene rings is 2. The molecule has 1 amide bonds. The van der Waals surface area contributed by atoms with E-state index in [4.69, 9.17) is 16.3 Å². The van der Waals surface area contributed by atoms with Crippen molar-refractivity contribution in [3.8, 4) is 5.75 Å². The van der Waals surface area contributed by atoms with Crippen LogP contribution in [0, 0.1) is 5.82 Å². The normalized spacial score (nSPS) is 10.2. The molecule has 0 aliphatic carbocycles. The molecule has 0 aliphatic rings. The van der Waals surface area contributed by atoms with Gasteiger partial charge in [0.05, 0.1) is 13.5 Å². The van der Waals surface area contributed by atoms with Crippen LogP contribution < -0.4 is 10.1 Å². The summed E-state index contributed by atoms with van der Waals surface area (Å²) >= 11 is 5.90. The third-order valence-electron chi connectivity index (χ3n) is 2.70. The lowest BCUT2D eigenvalue weighted by molar-refractivity contribution is -0.115. The van der Waals surface area contributed by atoms with Crippen LogP contribution in [-0.4, -0.2) is 13.0 Å². The number of methoxy groups -OCH3 is 1. The van der Waals surface area contributed by atoms with Gasteiger partial charge in [-0.05, 0) is 36.4 Å². The number of amides is 1. The van der Waals surface area contributed by atoms with Crippen LogP contribution in [0.25, 0.3) is 0 Å². The van der Waals surface area contributed by atoms with Gasteiger partial charge in [0.25, 0.3) is 0 Å². The second kappa shape index (κ2) is 6.39. The van der Waals surface area contributed by atoms with Crippen LogP contribution in [-0.2, 0) is 11.2 Å². The molecule has 2 aromatic rings. The molecule has 0 aromatic heterocycles. The molecule has 0 saturated heterocycles. The van der Waals surface area contributed by atoms with Crippen molar-refractivity contribution in [3.63, 3.8) is 0 Å². The van der Waals surface area contributed by atoms with E-state index in [0.29, 0.717) is 22.0 Å². The van der Waals surface area contributed by atoms with Gasteiger partial charge in [0.15, 0.2) is 0 Å². The molecule has 2 rings (SSSR count). The second-order valence-corrected chi connectivity index (χ2v) is 4.63. The summed E-state index contributed by atoms with van der Waals surface area (Å²) in [4.78, 5) is 11.9. The standard InChI is InChI=1S/C15H13ClFNO2/c1-20-14-6-5-11(16)7-10(14)8-15(19)18-13-4-2-3-12(17)9-13/h2-7,9H,8H2,1H3,(H,18,19). The van der Waals surface area contributed by atoms with E-state index in [-0.39, 0.29) is 12.3 Å². The Kier molecular flexibility index (Phi) is 4.58. The number of halogens is 2. The van der Waals surface area contributed by atoms with E-state index in [1.165, 1.54) is 25.3 Å². The minimum atomic E-state index is -0.400. The minimum Gasteiger partial charge on any atom is -0.496 e. The predicted molar refractivity (Wildman–Crippen MR) is 76.7 cm³/mol. The van der Waals surface area contributed by atoms with Crippen molar-refractivity contribution in [3.05, 3.63) is 58.9 Å². The Labute approximate surface area is 121 Å². The predicted octanol–water partition coefficient (Wildman–Crippen LogP) is 3.67. The molecule has 5 heteroatoms. The van der Waals surface area contributed by atoms with Crippen molar-refractivity contribution < 1.29 is 13.9 Å². The van der Waals surface area contributed by atoms with E-state index in [1.54, 1.807) is 24.3 Å². The van der Waals surface area contributed by atoms with E-state index in [0.717, 1.165) is 0 Å². The highest BCUT2D eigenvalue weighted by molar-refractivity contribution is 6.30. The number of carbonyl (C=O) groups excluding carboxylic acids is 1. The fraction of sp³-hybridized carbons (Fsp3) is 0.133. The zero-order valence-corrected chi connectivity index (χ0v) is 11.6. The molecule has 0 unspecified atom stereocenters. The van der Waals surface area contributed by atoms with Crippen molar-refractivity contribution in [2.24, 2.45) is 0 Å². The summed E-state index contributed by atoms with van der Waals surface area (Å²) in [6.45, 7) is 0. The van der Waals surface area contributed by atoms with E-state index >= 15 is 0 Å². The average Bonchev–Trinajstić information content (AvgIpc) is 2.38. The zero-order valence-electron chi connectivity index (χ0n) is 10.8. The van der Waals surface area contributed by atoms with Gasteiger partial charge in [-0.3, -0.25) is 4.79 Å². The smallest absolute Gasteiger partial charge is 0.228 e. The molecule has 0 saturated carbocycles. The molecule has 1 N–H and O–H groups in total. The Balaban J connectivity index is 2.10. The highest BCUT2D eigenvalue weighted by atomic mass is 35.5. The first-order chi connectivity index (χ1) is 9.58. The van der Waals surface area contributed by atoms with Crippen LogP contribution in [0.4, 0.5) is 10.1 Å². The van der Waals surface area contributed by atoms with Gasteiger partial charge in [0, 0.05) is 16.3 Å². The Morgan fingerprint density at radius 2 is 2.10 bits per heavy atom. The summed E-state index contributed by atoms with van der Waals surface area (Å²) in [5.41, 5.74) is 1.09. The number of hydrogen-bond acceptors (Lipinski definition) is 2.